The summed E-state index contributed by atoms with van der Waals surface area (Å²) in [6.45, 7) is 3.95. The van der Waals surface area contributed by atoms with Crippen molar-refractivity contribution in [3.05, 3.63) is 35.6 Å². The predicted octanol–water partition coefficient (Wildman–Crippen LogP) is 2.09. The van der Waals surface area contributed by atoms with E-state index in [4.69, 9.17) is 10.2 Å². The molecule has 136 valence electrons. The molecule has 7 heteroatoms. The maximum Gasteiger partial charge on any atom is 0.289 e. The molecule has 6 nitrogen and oxygen atoms in total. The number of benzene rings is 1. The summed E-state index contributed by atoms with van der Waals surface area (Å²) >= 11 is 0. The number of furan rings is 1. The molecule has 25 heavy (non-hydrogen) atoms. The minimum absolute atomic E-state index is 0. The zero-order valence-electron chi connectivity index (χ0n) is 14.3. The van der Waals surface area contributed by atoms with Crippen LogP contribution < -0.4 is 11.1 Å². The number of fused-ring (bicyclic) bond motifs is 1. The summed E-state index contributed by atoms with van der Waals surface area (Å²) in [6.07, 6.45) is 1.60. The van der Waals surface area contributed by atoms with Crippen molar-refractivity contribution in [3.63, 3.8) is 0 Å². The van der Waals surface area contributed by atoms with Gasteiger partial charge in [-0.25, -0.2) is 0 Å². The van der Waals surface area contributed by atoms with Crippen LogP contribution in [0.3, 0.4) is 0 Å². The second-order valence-electron chi connectivity index (χ2n) is 6.32. The van der Waals surface area contributed by atoms with Gasteiger partial charge >= 0.3 is 0 Å². The number of nitrogens with one attached hydrogen (secondary N) is 1. The van der Waals surface area contributed by atoms with E-state index in [-0.39, 0.29) is 30.1 Å². The molecule has 1 saturated heterocycles. The lowest BCUT2D eigenvalue weighted by Crippen LogP contribution is -2.46. The summed E-state index contributed by atoms with van der Waals surface area (Å²) in [5.74, 6) is -0.0298. The van der Waals surface area contributed by atoms with Gasteiger partial charge in [0, 0.05) is 31.6 Å². The third kappa shape index (κ3) is 4.32. The summed E-state index contributed by atoms with van der Waals surface area (Å²) < 4.78 is 5.69. The second-order valence-corrected chi connectivity index (χ2v) is 6.32. The molecule has 1 fully saturated rings. The Morgan fingerprint density at radius 2 is 2.16 bits per heavy atom. The number of nitrogens with zero attached hydrogens (tertiary/aromatic N) is 1. The van der Waals surface area contributed by atoms with E-state index in [0.717, 1.165) is 23.8 Å². The number of aryl methyl sites for hydroxylation is 1. The van der Waals surface area contributed by atoms with Crippen LogP contribution in [0.1, 0.15) is 29.0 Å². The van der Waals surface area contributed by atoms with Crippen molar-refractivity contribution in [3.8, 4) is 0 Å². The van der Waals surface area contributed by atoms with Gasteiger partial charge in [0.25, 0.3) is 5.91 Å². The van der Waals surface area contributed by atoms with Crippen molar-refractivity contribution in [2.24, 2.45) is 11.7 Å². The standard InChI is InChI=1S/C18H23N3O3.ClH/c1-12-4-5-15-14(9-12)10-16(24-15)18(23)21-8-2-3-13(11-21)17(22)20-7-6-19;/h4-5,9-10,13H,2-3,6-8,11,19H2,1H3,(H,20,22);1H. The Bertz CT molecular complexity index is 759. The average Bonchev–Trinajstić information content (AvgIpc) is 3.02. The lowest BCUT2D eigenvalue weighted by Gasteiger charge is -2.31. The topological polar surface area (TPSA) is 88.6 Å². The molecule has 0 saturated carbocycles. The van der Waals surface area contributed by atoms with Crippen molar-refractivity contribution in [2.45, 2.75) is 19.8 Å². The summed E-state index contributed by atoms with van der Waals surface area (Å²) in [7, 11) is 0. The van der Waals surface area contributed by atoms with Gasteiger partial charge in [-0.15, -0.1) is 12.4 Å². The van der Waals surface area contributed by atoms with Crippen LogP contribution in [0, 0.1) is 12.8 Å². The summed E-state index contributed by atoms with van der Waals surface area (Å²) in [5.41, 5.74) is 7.24. The monoisotopic (exact) mass is 365 g/mol. The Balaban J connectivity index is 0.00000225. The molecule has 0 aliphatic carbocycles. The smallest absolute Gasteiger partial charge is 0.289 e. The first-order valence-electron chi connectivity index (χ1n) is 8.35. The number of likely N-dealkylation sites (tertiary alicyclic amines) is 1. The van der Waals surface area contributed by atoms with Gasteiger partial charge in [0.1, 0.15) is 5.58 Å². The Kier molecular flexibility index (Phi) is 6.45. The minimum atomic E-state index is -0.180. The molecular formula is C18H24ClN3O3. The van der Waals surface area contributed by atoms with E-state index in [0.29, 0.717) is 37.5 Å². The molecule has 1 aromatic carbocycles. The Morgan fingerprint density at radius 3 is 2.92 bits per heavy atom. The van der Waals surface area contributed by atoms with Crippen LogP contribution in [0.5, 0.6) is 0 Å². The molecule has 0 bridgehead atoms. The average molecular weight is 366 g/mol. The third-order valence-electron chi connectivity index (χ3n) is 4.41. The lowest BCUT2D eigenvalue weighted by atomic mass is 9.97. The van der Waals surface area contributed by atoms with Gasteiger partial charge in [-0.2, -0.15) is 0 Å². The number of nitrogens with two attached hydrogens (primary N) is 1. The van der Waals surface area contributed by atoms with Gasteiger partial charge in [0.2, 0.25) is 5.91 Å². The zero-order chi connectivity index (χ0) is 17.1. The molecule has 0 radical (unpaired) electrons. The highest BCUT2D eigenvalue weighted by molar-refractivity contribution is 5.96. The first-order chi connectivity index (χ1) is 11.6. The van der Waals surface area contributed by atoms with E-state index in [1.165, 1.54) is 0 Å². The van der Waals surface area contributed by atoms with Gasteiger partial charge in [0.05, 0.1) is 5.92 Å². The molecule has 3 rings (SSSR count). The molecule has 2 amide bonds. The third-order valence-corrected chi connectivity index (χ3v) is 4.41. The van der Waals surface area contributed by atoms with Gasteiger partial charge < -0.3 is 20.4 Å². The molecular weight excluding hydrogens is 342 g/mol. The van der Waals surface area contributed by atoms with Crippen LogP contribution in [-0.2, 0) is 4.79 Å². The molecule has 2 heterocycles. The van der Waals surface area contributed by atoms with Crippen molar-refractivity contribution in [2.75, 3.05) is 26.2 Å². The van der Waals surface area contributed by atoms with Crippen molar-refractivity contribution in [1.82, 2.24) is 10.2 Å². The Morgan fingerprint density at radius 1 is 1.36 bits per heavy atom. The molecule has 3 N–H and O–H groups in total. The number of piperidine rings is 1. The Hall–Kier alpha value is -2.05. The van der Waals surface area contributed by atoms with Crippen molar-refractivity contribution < 1.29 is 14.0 Å². The zero-order valence-corrected chi connectivity index (χ0v) is 15.1. The van der Waals surface area contributed by atoms with E-state index >= 15 is 0 Å². The summed E-state index contributed by atoms with van der Waals surface area (Å²) in [6, 6.07) is 7.61. The maximum atomic E-state index is 12.7. The molecule has 2 aromatic rings. The van der Waals surface area contributed by atoms with Crippen molar-refractivity contribution >= 4 is 35.2 Å². The van der Waals surface area contributed by atoms with E-state index in [1.807, 2.05) is 25.1 Å². The van der Waals surface area contributed by atoms with E-state index in [9.17, 15) is 9.59 Å². The highest BCUT2D eigenvalue weighted by atomic mass is 35.5. The number of hydrogen-bond acceptors (Lipinski definition) is 4. The second kappa shape index (κ2) is 8.36. The van der Waals surface area contributed by atoms with E-state index in [2.05, 4.69) is 5.32 Å². The predicted molar refractivity (Wildman–Crippen MR) is 98.9 cm³/mol. The quantitative estimate of drug-likeness (QED) is 0.868. The van der Waals surface area contributed by atoms with Crippen LogP contribution >= 0.6 is 12.4 Å². The van der Waals surface area contributed by atoms with Crippen LogP contribution in [0.4, 0.5) is 0 Å². The summed E-state index contributed by atoms with van der Waals surface area (Å²) in [5, 5.41) is 3.73. The largest absolute Gasteiger partial charge is 0.451 e. The van der Waals surface area contributed by atoms with Gasteiger partial charge in [0.15, 0.2) is 5.76 Å². The van der Waals surface area contributed by atoms with Crippen LogP contribution in [0.2, 0.25) is 0 Å². The molecule has 1 aliphatic rings. The fraction of sp³-hybridized carbons (Fsp3) is 0.444. The van der Waals surface area contributed by atoms with Crippen LogP contribution in [-0.4, -0.2) is 42.9 Å². The number of halogens is 1. The van der Waals surface area contributed by atoms with Crippen LogP contribution in [0.25, 0.3) is 11.0 Å². The van der Waals surface area contributed by atoms with Gasteiger partial charge in [-0.05, 0) is 38.0 Å². The lowest BCUT2D eigenvalue weighted by molar-refractivity contribution is -0.126. The number of carbonyl (C=O) groups is 2. The van der Waals surface area contributed by atoms with E-state index in [1.54, 1.807) is 11.0 Å². The summed E-state index contributed by atoms with van der Waals surface area (Å²) in [4.78, 5) is 26.5. The van der Waals surface area contributed by atoms with Crippen molar-refractivity contribution in [1.29, 1.82) is 0 Å². The first kappa shape index (κ1) is 19.3. The molecule has 0 spiro atoms. The molecule has 1 unspecified atom stereocenters. The van der Waals surface area contributed by atoms with Crippen LogP contribution in [0.15, 0.2) is 28.7 Å². The molecule has 1 atom stereocenters. The highest BCUT2D eigenvalue weighted by Gasteiger charge is 2.30. The van der Waals surface area contributed by atoms with E-state index < -0.39 is 0 Å². The number of rotatable bonds is 4. The number of carbonyl (C=O) groups excluding carboxylic acids is 2. The number of amides is 2. The minimum Gasteiger partial charge on any atom is -0.451 e. The fourth-order valence-electron chi connectivity index (χ4n) is 3.14. The Labute approximate surface area is 153 Å². The molecule has 1 aromatic heterocycles. The number of hydrogen-bond donors (Lipinski definition) is 2. The van der Waals surface area contributed by atoms with Gasteiger partial charge in [-0.1, -0.05) is 11.6 Å². The molecule has 1 aliphatic heterocycles. The fourth-order valence-corrected chi connectivity index (χ4v) is 3.14. The highest BCUT2D eigenvalue weighted by Crippen LogP contribution is 2.24. The SMILES string of the molecule is Cc1ccc2oc(C(=O)N3CCCC(C(=O)NCCN)C3)cc2c1.Cl. The van der Waals surface area contributed by atoms with Gasteiger partial charge in [-0.3, -0.25) is 9.59 Å². The first-order valence-corrected chi connectivity index (χ1v) is 8.35. The normalized spacial score (nSPS) is 17.2. The maximum absolute atomic E-state index is 12.7.